The number of carbonyl (C=O) groups is 1. The number of benzene rings is 2. The lowest BCUT2D eigenvalue weighted by Crippen LogP contribution is -2.07. The Labute approximate surface area is 147 Å². The predicted molar refractivity (Wildman–Crippen MR) is 93.1 cm³/mol. The van der Waals surface area contributed by atoms with Crippen LogP contribution in [0.1, 0.15) is 22.9 Å². The summed E-state index contributed by atoms with van der Waals surface area (Å²) in [5.74, 6) is -1.74. The van der Waals surface area contributed by atoms with Crippen molar-refractivity contribution in [1.29, 1.82) is 0 Å². The van der Waals surface area contributed by atoms with E-state index in [0.717, 1.165) is 16.1 Å². The van der Waals surface area contributed by atoms with E-state index in [9.17, 15) is 14.3 Å². The molecule has 0 amide bonds. The van der Waals surface area contributed by atoms with Gasteiger partial charge in [-0.2, -0.15) is 0 Å². The number of nitrogens with zero attached hydrogens (tertiary/aromatic N) is 1. The van der Waals surface area contributed by atoms with Gasteiger partial charge >= 0.3 is 5.97 Å². The molecule has 3 nitrogen and oxygen atoms in total. The summed E-state index contributed by atoms with van der Waals surface area (Å²) in [4.78, 5) is 15.5. The van der Waals surface area contributed by atoms with Crippen LogP contribution in [0.4, 0.5) is 4.39 Å². The monoisotopic (exact) mass is 361 g/mol. The van der Waals surface area contributed by atoms with Gasteiger partial charge in [0.25, 0.3) is 0 Å². The van der Waals surface area contributed by atoms with Crippen LogP contribution in [0.5, 0.6) is 0 Å². The lowest BCUT2D eigenvalue weighted by Gasteiger charge is -2.14. The lowest BCUT2D eigenvalue weighted by molar-refractivity contribution is -0.137. The summed E-state index contributed by atoms with van der Waals surface area (Å²) in [5, 5.41) is 11.8. The molecule has 0 aliphatic heterocycles. The van der Waals surface area contributed by atoms with Crippen molar-refractivity contribution in [2.75, 3.05) is 0 Å². The maximum atomic E-state index is 13.7. The van der Waals surface area contributed by atoms with E-state index >= 15 is 0 Å². The maximum absolute atomic E-state index is 13.7. The van der Waals surface area contributed by atoms with Gasteiger partial charge in [-0.05, 0) is 17.2 Å². The fourth-order valence-corrected chi connectivity index (χ4v) is 3.58. The van der Waals surface area contributed by atoms with Crippen molar-refractivity contribution in [1.82, 2.24) is 4.98 Å². The normalized spacial score (nSPS) is 12.1. The SMILES string of the molecule is O=C(O)CC(c1cccc(-c2cccc(F)c2Cl)c1)c1nccs1. The van der Waals surface area contributed by atoms with Crippen LogP contribution in [-0.4, -0.2) is 16.1 Å². The van der Waals surface area contributed by atoms with E-state index in [0.29, 0.717) is 5.56 Å². The molecule has 1 atom stereocenters. The quantitative estimate of drug-likeness (QED) is 0.678. The molecule has 24 heavy (non-hydrogen) atoms. The third-order valence-corrected chi connectivity index (χ3v) is 4.95. The number of hydrogen-bond acceptors (Lipinski definition) is 3. The van der Waals surface area contributed by atoms with E-state index in [4.69, 9.17) is 11.6 Å². The van der Waals surface area contributed by atoms with Crippen LogP contribution in [0, 0.1) is 5.82 Å². The molecule has 0 saturated carbocycles. The highest BCUT2D eigenvalue weighted by Crippen LogP contribution is 2.35. The van der Waals surface area contributed by atoms with E-state index in [1.54, 1.807) is 18.3 Å². The van der Waals surface area contributed by atoms with E-state index < -0.39 is 11.8 Å². The Kier molecular flexibility index (Phi) is 4.92. The zero-order valence-electron chi connectivity index (χ0n) is 12.4. The van der Waals surface area contributed by atoms with Crippen LogP contribution < -0.4 is 0 Å². The Morgan fingerprint density at radius 2 is 2.08 bits per heavy atom. The topological polar surface area (TPSA) is 50.2 Å². The number of carboxylic acids is 1. The van der Waals surface area contributed by atoms with E-state index in [-0.39, 0.29) is 17.4 Å². The summed E-state index contributed by atoms with van der Waals surface area (Å²) >= 11 is 7.48. The second-order valence-electron chi connectivity index (χ2n) is 5.25. The third kappa shape index (κ3) is 3.47. The van der Waals surface area contributed by atoms with E-state index in [1.807, 2.05) is 29.6 Å². The van der Waals surface area contributed by atoms with Crippen molar-refractivity contribution in [3.63, 3.8) is 0 Å². The van der Waals surface area contributed by atoms with E-state index in [2.05, 4.69) is 4.98 Å². The van der Waals surface area contributed by atoms with Gasteiger partial charge < -0.3 is 5.11 Å². The molecule has 3 rings (SSSR count). The lowest BCUT2D eigenvalue weighted by atomic mass is 9.93. The molecule has 0 radical (unpaired) electrons. The third-order valence-electron chi connectivity index (χ3n) is 3.68. The Morgan fingerprint density at radius 3 is 2.79 bits per heavy atom. The van der Waals surface area contributed by atoms with Crippen molar-refractivity contribution in [2.24, 2.45) is 0 Å². The van der Waals surface area contributed by atoms with Gasteiger partial charge in [-0.3, -0.25) is 4.79 Å². The minimum Gasteiger partial charge on any atom is -0.481 e. The first-order chi connectivity index (χ1) is 11.6. The minimum atomic E-state index is -0.899. The second kappa shape index (κ2) is 7.11. The first kappa shape index (κ1) is 16.6. The number of aromatic nitrogens is 1. The van der Waals surface area contributed by atoms with Gasteiger partial charge in [0.05, 0.1) is 11.4 Å². The summed E-state index contributed by atoms with van der Waals surface area (Å²) in [6.45, 7) is 0. The first-order valence-electron chi connectivity index (χ1n) is 7.22. The Hall–Kier alpha value is -2.24. The summed E-state index contributed by atoms with van der Waals surface area (Å²) in [7, 11) is 0. The van der Waals surface area contributed by atoms with Crippen LogP contribution in [0.2, 0.25) is 5.02 Å². The molecular formula is C18H13ClFNO2S. The molecule has 0 spiro atoms. The second-order valence-corrected chi connectivity index (χ2v) is 6.55. The maximum Gasteiger partial charge on any atom is 0.304 e. The van der Waals surface area contributed by atoms with Crippen LogP contribution in [0.15, 0.2) is 54.0 Å². The number of thiazole rings is 1. The van der Waals surface area contributed by atoms with Crippen molar-refractivity contribution >= 4 is 28.9 Å². The van der Waals surface area contributed by atoms with Crippen LogP contribution in [0.3, 0.4) is 0 Å². The molecule has 122 valence electrons. The van der Waals surface area contributed by atoms with Crippen molar-refractivity contribution in [3.05, 3.63) is 75.5 Å². The number of aliphatic carboxylic acids is 1. The first-order valence-corrected chi connectivity index (χ1v) is 8.47. The average molecular weight is 362 g/mol. The number of carboxylic acid groups (broad SMARTS) is 1. The molecule has 1 aromatic heterocycles. The number of halogens is 2. The summed E-state index contributed by atoms with van der Waals surface area (Å²) in [6, 6.07) is 12.0. The van der Waals surface area contributed by atoms with Gasteiger partial charge in [0.1, 0.15) is 10.8 Å². The van der Waals surface area contributed by atoms with Gasteiger partial charge in [-0.1, -0.05) is 48.0 Å². The highest BCUT2D eigenvalue weighted by Gasteiger charge is 2.21. The van der Waals surface area contributed by atoms with Gasteiger partial charge in [0.15, 0.2) is 0 Å². The molecule has 0 aliphatic carbocycles. The van der Waals surface area contributed by atoms with E-state index in [1.165, 1.54) is 17.4 Å². The van der Waals surface area contributed by atoms with Crippen molar-refractivity contribution in [2.45, 2.75) is 12.3 Å². The fourth-order valence-electron chi connectivity index (χ4n) is 2.58. The molecule has 3 aromatic rings. The Bertz CT molecular complexity index is 867. The van der Waals surface area contributed by atoms with Gasteiger partial charge in [0.2, 0.25) is 0 Å². The average Bonchev–Trinajstić information content (AvgIpc) is 3.09. The highest BCUT2D eigenvalue weighted by molar-refractivity contribution is 7.09. The molecule has 0 bridgehead atoms. The summed E-state index contributed by atoms with van der Waals surface area (Å²) in [6.07, 6.45) is 1.59. The smallest absolute Gasteiger partial charge is 0.304 e. The van der Waals surface area contributed by atoms with Crippen LogP contribution in [0.25, 0.3) is 11.1 Å². The van der Waals surface area contributed by atoms with Gasteiger partial charge in [0, 0.05) is 23.1 Å². The van der Waals surface area contributed by atoms with Crippen molar-refractivity contribution in [3.8, 4) is 11.1 Å². The Balaban J connectivity index is 2.05. The summed E-state index contributed by atoms with van der Waals surface area (Å²) in [5.41, 5.74) is 2.13. The predicted octanol–water partition coefficient (Wildman–Crippen LogP) is 5.21. The zero-order chi connectivity index (χ0) is 17.1. The van der Waals surface area contributed by atoms with Crippen molar-refractivity contribution < 1.29 is 14.3 Å². The zero-order valence-corrected chi connectivity index (χ0v) is 14.0. The van der Waals surface area contributed by atoms with Crippen LogP contribution in [-0.2, 0) is 4.79 Å². The highest BCUT2D eigenvalue weighted by atomic mass is 35.5. The molecule has 2 aromatic carbocycles. The molecule has 1 heterocycles. The molecule has 1 N–H and O–H groups in total. The molecule has 6 heteroatoms. The molecule has 0 saturated heterocycles. The number of hydrogen-bond donors (Lipinski definition) is 1. The standard InChI is InChI=1S/C18H13ClFNO2S/c19-17-13(5-2-6-15(17)20)11-3-1-4-12(9-11)14(10-16(22)23)18-21-7-8-24-18/h1-9,14H,10H2,(H,22,23). The molecule has 1 unspecified atom stereocenters. The summed E-state index contributed by atoms with van der Waals surface area (Å²) < 4.78 is 13.7. The van der Waals surface area contributed by atoms with Gasteiger partial charge in [-0.15, -0.1) is 11.3 Å². The number of rotatable bonds is 5. The molecular weight excluding hydrogens is 349 g/mol. The molecule has 0 aliphatic rings. The fraction of sp³-hybridized carbons (Fsp3) is 0.111. The minimum absolute atomic E-state index is 0.0543. The van der Waals surface area contributed by atoms with Crippen LogP contribution >= 0.6 is 22.9 Å². The Morgan fingerprint density at radius 1 is 1.29 bits per heavy atom. The molecule has 0 fully saturated rings. The largest absolute Gasteiger partial charge is 0.481 e. The van der Waals surface area contributed by atoms with Gasteiger partial charge in [-0.25, -0.2) is 9.37 Å².